The minimum atomic E-state index is -0.249. The van der Waals surface area contributed by atoms with Crippen LogP contribution in [0.5, 0.6) is 0 Å². The van der Waals surface area contributed by atoms with Crippen LogP contribution in [0.25, 0.3) is 0 Å². The summed E-state index contributed by atoms with van der Waals surface area (Å²) >= 11 is 0. The number of nitrogens with one attached hydrogen (secondary N) is 1. The molecule has 0 bridgehead atoms. The number of urea groups is 1. The number of nitrogens with zero attached hydrogens (tertiary/aromatic N) is 3. The van der Waals surface area contributed by atoms with E-state index >= 15 is 0 Å². The van der Waals surface area contributed by atoms with Crippen molar-refractivity contribution in [3.8, 4) is 6.07 Å². The maximum Gasteiger partial charge on any atom is 0.321 e. The Bertz CT molecular complexity index is 942. The molecule has 1 spiro atoms. The summed E-state index contributed by atoms with van der Waals surface area (Å²) in [7, 11) is 0. The molecule has 2 aliphatic rings. The second-order valence-corrected chi connectivity index (χ2v) is 7.95. The molecule has 1 N–H and O–H groups in total. The average Bonchev–Trinajstić information content (AvgIpc) is 3.04. The lowest BCUT2D eigenvalue weighted by atomic mass is 9.74. The molecule has 150 valence electrons. The summed E-state index contributed by atoms with van der Waals surface area (Å²) in [5.41, 5.74) is 3.45. The van der Waals surface area contributed by atoms with Crippen LogP contribution in [0.15, 0.2) is 42.5 Å². The quantitative estimate of drug-likeness (QED) is 0.865. The van der Waals surface area contributed by atoms with Gasteiger partial charge in [-0.3, -0.25) is 9.80 Å². The molecule has 2 aliphatic heterocycles. The van der Waals surface area contributed by atoms with Crippen LogP contribution in [-0.2, 0) is 12.0 Å². The fourth-order valence-electron chi connectivity index (χ4n) is 4.58. The maximum absolute atomic E-state index is 14.0. The lowest BCUT2D eigenvalue weighted by Gasteiger charge is -2.40. The van der Waals surface area contributed by atoms with E-state index in [0.717, 1.165) is 43.7 Å². The number of rotatable bonds is 3. The average molecular weight is 392 g/mol. The van der Waals surface area contributed by atoms with Gasteiger partial charge in [0, 0.05) is 30.7 Å². The van der Waals surface area contributed by atoms with E-state index in [9.17, 15) is 9.18 Å². The van der Waals surface area contributed by atoms with Crippen molar-refractivity contribution in [2.45, 2.75) is 31.7 Å². The molecule has 2 heterocycles. The SMILES string of the molecule is CCNC(=O)N1CC2(CCN(Cc3ccc(C#N)cc3)CC2)c2cc(F)ccc21. The second kappa shape index (κ2) is 7.84. The van der Waals surface area contributed by atoms with Gasteiger partial charge >= 0.3 is 6.03 Å². The van der Waals surface area contributed by atoms with E-state index in [2.05, 4.69) is 16.3 Å². The molecule has 1 fully saturated rings. The predicted molar refractivity (Wildman–Crippen MR) is 110 cm³/mol. The van der Waals surface area contributed by atoms with Gasteiger partial charge in [-0.25, -0.2) is 9.18 Å². The monoisotopic (exact) mass is 392 g/mol. The molecule has 0 radical (unpaired) electrons. The summed E-state index contributed by atoms with van der Waals surface area (Å²) in [6, 6.07) is 14.5. The van der Waals surface area contributed by atoms with Crippen LogP contribution in [-0.4, -0.2) is 37.1 Å². The number of hydrogen-bond donors (Lipinski definition) is 1. The third-order valence-corrected chi connectivity index (χ3v) is 6.16. The Labute approximate surface area is 170 Å². The molecule has 2 aromatic carbocycles. The topological polar surface area (TPSA) is 59.4 Å². The van der Waals surface area contributed by atoms with Crippen molar-refractivity contribution in [1.29, 1.82) is 5.26 Å². The van der Waals surface area contributed by atoms with Crippen LogP contribution < -0.4 is 10.2 Å². The summed E-state index contributed by atoms with van der Waals surface area (Å²) < 4.78 is 14.0. The molecule has 0 saturated carbocycles. The molecule has 4 rings (SSSR count). The van der Waals surface area contributed by atoms with Crippen molar-refractivity contribution >= 4 is 11.7 Å². The highest BCUT2D eigenvalue weighted by molar-refractivity contribution is 5.95. The van der Waals surface area contributed by atoms with Gasteiger partial charge in [0.25, 0.3) is 0 Å². The zero-order valence-corrected chi connectivity index (χ0v) is 16.6. The third-order valence-electron chi connectivity index (χ3n) is 6.16. The van der Waals surface area contributed by atoms with Gasteiger partial charge in [-0.2, -0.15) is 5.26 Å². The summed E-state index contributed by atoms with van der Waals surface area (Å²) in [6.45, 7) is 5.67. The molecule has 6 heteroatoms. The Morgan fingerprint density at radius 1 is 1.21 bits per heavy atom. The molecular formula is C23H25FN4O. The summed E-state index contributed by atoms with van der Waals surface area (Å²) in [5, 5.41) is 11.8. The third kappa shape index (κ3) is 3.70. The van der Waals surface area contributed by atoms with E-state index in [1.54, 1.807) is 17.0 Å². The molecule has 29 heavy (non-hydrogen) atoms. The number of hydrogen-bond acceptors (Lipinski definition) is 3. The molecule has 2 amide bonds. The predicted octanol–water partition coefficient (Wildman–Crippen LogP) is 3.78. The first kappa shape index (κ1) is 19.4. The zero-order valence-electron chi connectivity index (χ0n) is 16.6. The lowest BCUT2D eigenvalue weighted by molar-refractivity contribution is 0.159. The van der Waals surface area contributed by atoms with Crippen molar-refractivity contribution in [2.24, 2.45) is 0 Å². The minimum Gasteiger partial charge on any atom is -0.338 e. The Balaban J connectivity index is 1.50. The number of fused-ring (bicyclic) bond motifs is 2. The van der Waals surface area contributed by atoms with E-state index < -0.39 is 0 Å². The Kier molecular flexibility index (Phi) is 5.25. The van der Waals surface area contributed by atoms with Gasteiger partial charge < -0.3 is 5.32 Å². The van der Waals surface area contributed by atoms with Crippen LogP contribution in [0.2, 0.25) is 0 Å². The van der Waals surface area contributed by atoms with E-state index in [4.69, 9.17) is 5.26 Å². The van der Waals surface area contributed by atoms with Crippen LogP contribution in [0.1, 0.15) is 36.5 Å². The van der Waals surface area contributed by atoms with Gasteiger partial charge in [0.15, 0.2) is 0 Å². The number of piperidine rings is 1. The van der Waals surface area contributed by atoms with E-state index in [-0.39, 0.29) is 17.3 Å². The highest BCUT2D eigenvalue weighted by Gasteiger charge is 2.46. The number of anilines is 1. The number of halogens is 1. The smallest absolute Gasteiger partial charge is 0.321 e. The first-order valence-corrected chi connectivity index (χ1v) is 10.1. The molecule has 5 nitrogen and oxygen atoms in total. The van der Waals surface area contributed by atoms with Crippen molar-refractivity contribution in [3.05, 3.63) is 65.0 Å². The molecule has 2 aromatic rings. The molecule has 0 unspecified atom stereocenters. The number of carbonyl (C=O) groups excluding carboxylic acids is 1. The fraction of sp³-hybridized carbons (Fsp3) is 0.391. The molecule has 0 aliphatic carbocycles. The molecule has 0 atom stereocenters. The number of carbonyl (C=O) groups is 1. The van der Waals surface area contributed by atoms with Gasteiger partial charge in [0.05, 0.1) is 11.6 Å². The number of likely N-dealkylation sites (tertiary alicyclic amines) is 1. The second-order valence-electron chi connectivity index (χ2n) is 7.95. The highest BCUT2D eigenvalue weighted by atomic mass is 19.1. The van der Waals surface area contributed by atoms with Gasteiger partial charge in [0.2, 0.25) is 0 Å². The molecular weight excluding hydrogens is 367 g/mol. The van der Waals surface area contributed by atoms with Gasteiger partial charge in [-0.1, -0.05) is 12.1 Å². The summed E-state index contributed by atoms with van der Waals surface area (Å²) in [4.78, 5) is 16.7. The van der Waals surface area contributed by atoms with Crippen molar-refractivity contribution in [2.75, 3.05) is 31.1 Å². The van der Waals surface area contributed by atoms with Crippen molar-refractivity contribution in [3.63, 3.8) is 0 Å². The largest absolute Gasteiger partial charge is 0.338 e. The number of nitriles is 1. The van der Waals surface area contributed by atoms with E-state index in [1.165, 1.54) is 11.6 Å². The minimum absolute atomic E-state index is 0.114. The van der Waals surface area contributed by atoms with Crippen LogP contribution in [0.3, 0.4) is 0 Å². The molecule has 0 aromatic heterocycles. The van der Waals surface area contributed by atoms with Gasteiger partial charge in [-0.05, 0) is 74.3 Å². The van der Waals surface area contributed by atoms with Crippen molar-refractivity contribution < 1.29 is 9.18 Å². The van der Waals surface area contributed by atoms with Gasteiger partial charge in [-0.15, -0.1) is 0 Å². The maximum atomic E-state index is 14.0. The van der Waals surface area contributed by atoms with Gasteiger partial charge in [0.1, 0.15) is 5.82 Å². The van der Waals surface area contributed by atoms with Crippen LogP contribution in [0, 0.1) is 17.1 Å². The van der Waals surface area contributed by atoms with Crippen LogP contribution in [0.4, 0.5) is 14.9 Å². The standard InChI is InChI=1S/C23H25FN4O/c1-2-26-22(29)28-16-23(20-13-19(24)7-8-21(20)28)9-11-27(12-10-23)15-18-5-3-17(14-25)4-6-18/h3-8,13H,2,9-12,15-16H2,1H3,(H,26,29). The first-order chi connectivity index (χ1) is 14.0. The summed E-state index contributed by atoms with van der Waals surface area (Å²) in [5.74, 6) is -0.249. The van der Waals surface area contributed by atoms with E-state index in [1.807, 2.05) is 31.2 Å². The van der Waals surface area contributed by atoms with Crippen LogP contribution >= 0.6 is 0 Å². The normalized spacial score (nSPS) is 17.8. The van der Waals surface area contributed by atoms with E-state index in [0.29, 0.717) is 18.7 Å². The Hall–Kier alpha value is -2.91. The number of amides is 2. The number of benzene rings is 2. The lowest BCUT2D eigenvalue weighted by Crippen LogP contribution is -2.47. The molecule has 1 saturated heterocycles. The zero-order chi connectivity index (χ0) is 20.4. The van der Waals surface area contributed by atoms with Crippen molar-refractivity contribution in [1.82, 2.24) is 10.2 Å². The highest BCUT2D eigenvalue weighted by Crippen LogP contribution is 2.47. The fourth-order valence-corrected chi connectivity index (χ4v) is 4.58. The Morgan fingerprint density at radius 3 is 2.59 bits per heavy atom. The Morgan fingerprint density at radius 2 is 1.93 bits per heavy atom. The summed E-state index contributed by atoms with van der Waals surface area (Å²) in [6.07, 6.45) is 1.77. The first-order valence-electron chi connectivity index (χ1n) is 10.1.